The summed E-state index contributed by atoms with van der Waals surface area (Å²) in [5, 5.41) is 19.4. The van der Waals surface area contributed by atoms with Gasteiger partial charge in [-0.2, -0.15) is 0 Å². The van der Waals surface area contributed by atoms with Crippen LogP contribution in [0.15, 0.2) is 0 Å². The average Bonchev–Trinajstić information content (AvgIpc) is 1.92. The second-order valence-electron chi connectivity index (χ2n) is 5.24. The second-order valence-corrected chi connectivity index (χ2v) is 5.24. The van der Waals surface area contributed by atoms with E-state index in [1.54, 1.807) is 6.92 Å². The quantitative estimate of drug-likeness (QED) is 0.584. The van der Waals surface area contributed by atoms with E-state index in [1.165, 1.54) is 0 Å². The molecule has 1 rings (SSSR count). The fraction of sp³-hybridized carbons (Fsp3) is 1.00. The molecule has 1 saturated heterocycles. The van der Waals surface area contributed by atoms with Crippen LogP contribution >= 0.6 is 0 Å². The van der Waals surface area contributed by atoms with E-state index in [2.05, 4.69) is 25.7 Å². The third-order valence-corrected chi connectivity index (χ3v) is 2.95. The summed E-state index contributed by atoms with van der Waals surface area (Å²) >= 11 is 0. The van der Waals surface area contributed by atoms with E-state index in [-0.39, 0.29) is 5.54 Å². The Kier molecular flexibility index (Phi) is 2.72. The average molecular weight is 187 g/mol. The molecule has 0 saturated carbocycles. The first-order valence-electron chi connectivity index (χ1n) is 4.89. The zero-order chi connectivity index (χ0) is 10.3. The van der Waals surface area contributed by atoms with Crippen molar-refractivity contribution in [1.29, 1.82) is 0 Å². The minimum atomic E-state index is -0.901. The van der Waals surface area contributed by atoms with Crippen LogP contribution in [0.3, 0.4) is 0 Å². The number of piperidine rings is 1. The summed E-state index contributed by atoms with van der Waals surface area (Å²) in [5.41, 5.74) is -0.820. The lowest BCUT2D eigenvalue weighted by Gasteiger charge is -2.45. The number of rotatable bonds is 0. The van der Waals surface area contributed by atoms with E-state index in [0.717, 1.165) is 6.54 Å². The van der Waals surface area contributed by atoms with Gasteiger partial charge in [-0.05, 0) is 34.1 Å². The molecule has 1 fully saturated rings. The molecule has 0 amide bonds. The second kappa shape index (κ2) is 3.23. The van der Waals surface area contributed by atoms with Gasteiger partial charge in [0.1, 0.15) is 0 Å². The Morgan fingerprint density at radius 1 is 1.38 bits per heavy atom. The molecule has 2 N–H and O–H groups in total. The highest BCUT2D eigenvalue weighted by molar-refractivity contribution is 4.93. The summed E-state index contributed by atoms with van der Waals surface area (Å²) in [7, 11) is 0. The fourth-order valence-corrected chi connectivity index (χ4v) is 1.63. The zero-order valence-electron chi connectivity index (χ0n) is 9.04. The van der Waals surface area contributed by atoms with Crippen molar-refractivity contribution in [1.82, 2.24) is 4.90 Å². The third-order valence-electron chi connectivity index (χ3n) is 2.95. The largest absolute Gasteiger partial charge is 0.389 e. The van der Waals surface area contributed by atoms with Crippen LogP contribution in [0, 0.1) is 0 Å². The van der Waals surface area contributed by atoms with Crippen LogP contribution in [0.25, 0.3) is 0 Å². The smallest absolute Gasteiger partial charge is 0.0951 e. The van der Waals surface area contributed by atoms with Crippen LogP contribution in [-0.2, 0) is 0 Å². The van der Waals surface area contributed by atoms with Gasteiger partial charge in [-0.1, -0.05) is 0 Å². The summed E-state index contributed by atoms with van der Waals surface area (Å²) in [6.45, 7) is 9.50. The molecule has 0 aromatic rings. The van der Waals surface area contributed by atoms with E-state index in [9.17, 15) is 10.2 Å². The van der Waals surface area contributed by atoms with Crippen molar-refractivity contribution in [3.63, 3.8) is 0 Å². The molecule has 3 nitrogen and oxygen atoms in total. The molecule has 3 heteroatoms. The molecule has 2 unspecified atom stereocenters. The molecule has 0 bridgehead atoms. The van der Waals surface area contributed by atoms with Crippen LogP contribution in [0.5, 0.6) is 0 Å². The maximum atomic E-state index is 9.75. The van der Waals surface area contributed by atoms with Crippen molar-refractivity contribution in [3.8, 4) is 0 Å². The van der Waals surface area contributed by atoms with Gasteiger partial charge in [0.25, 0.3) is 0 Å². The Morgan fingerprint density at radius 3 is 2.31 bits per heavy atom. The minimum Gasteiger partial charge on any atom is -0.389 e. The number of aliphatic hydroxyl groups excluding tert-OH is 1. The van der Waals surface area contributed by atoms with Crippen molar-refractivity contribution < 1.29 is 10.2 Å². The van der Waals surface area contributed by atoms with Crippen molar-refractivity contribution in [2.75, 3.05) is 13.1 Å². The molecule has 13 heavy (non-hydrogen) atoms. The van der Waals surface area contributed by atoms with Crippen molar-refractivity contribution >= 4 is 0 Å². The minimum absolute atomic E-state index is 0.0808. The maximum absolute atomic E-state index is 9.75. The first-order chi connectivity index (χ1) is 5.73. The Morgan fingerprint density at radius 2 is 1.92 bits per heavy atom. The lowest BCUT2D eigenvalue weighted by Crippen LogP contribution is -2.58. The van der Waals surface area contributed by atoms with Crippen molar-refractivity contribution in [2.24, 2.45) is 0 Å². The number of nitrogens with zero attached hydrogens (tertiary/aromatic N) is 1. The normalized spacial score (nSPS) is 37.8. The van der Waals surface area contributed by atoms with E-state index in [4.69, 9.17) is 0 Å². The van der Waals surface area contributed by atoms with Gasteiger partial charge in [-0.3, -0.25) is 4.90 Å². The molecule has 1 aliphatic heterocycles. The molecule has 1 heterocycles. The van der Waals surface area contributed by atoms with Gasteiger partial charge in [-0.25, -0.2) is 0 Å². The van der Waals surface area contributed by atoms with Crippen LogP contribution < -0.4 is 0 Å². The topological polar surface area (TPSA) is 43.7 Å². The molecule has 1 aliphatic rings. The monoisotopic (exact) mass is 187 g/mol. The first kappa shape index (κ1) is 11.0. The molecule has 78 valence electrons. The number of hydrogen-bond donors (Lipinski definition) is 2. The predicted molar refractivity (Wildman–Crippen MR) is 52.6 cm³/mol. The Bertz CT molecular complexity index is 184. The highest BCUT2D eigenvalue weighted by Crippen LogP contribution is 2.26. The molecule has 0 spiro atoms. The summed E-state index contributed by atoms with van der Waals surface area (Å²) in [4.78, 5) is 2.20. The maximum Gasteiger partial charge on any atom is 0.0951 e. The van der Waals surface area contributed by atoms with Crippen molar-refractivity contribution in [3.05, 3.63) is 0 Å². The van der Waals surface area contributed by atoms with Gasteiger partial charge in [0, 0.05) is 18.6 Å². The zero-order valence-corrected chi connectivity index (χ0v) is 9.04. The molecule has 0 radical (unpaired) electrons. The van der Waals surface area contributed by atoms with E-state index in [0.29, 0.717) is 13.0 Å². The van der Waals surface area contributed by atoms with E-state index in [1.807, 2.05) is 0 Å². The Balaban J connectivity index is 2.61. The van der Waals surface area contributed by atoms with Gasteiger partial charge < -0.3 is 10.2 Å². The van der Waals surface area contributed by atoms with Crippen LogP contribution in [-0.4, -0.2) is 45.4 Å². The van der Waals surface area contributed by atoms with Crippen LogP contribution in [0.2, 0.25) is 0 Å². The van der Waals surface area contributed by atoms with Gasteiger partial charge in [0.15, 0.2) is 0 Å². The number of hydrogen-bond acceptors (Lipinski definition) is 3. The summed E-state index contributed by atoms with van der Waals surface area (Å²) in [6.07, 6.45) is 0.0197. The number of aliphatic hydroxyl groups is 2. The van der Waals surface area contributed by atoms with E-state index < -0.39 is 11.7 Å². The summed E-state index contributed by atoms with van der Waals surface area (Å²) in [6, 6.07) is 0. The lowest BCUT2D eigenvalue weighted by molar-refractivity contribution is -0.121. The molecular formula is C10H21NO2. The van der Waals surface area contributed by atoms with Gasteiger partial charge in [-0.15, -0.1) is 0 Å². The predicted octanol–water partition coefficient (Wildman–Crippen LogP) is 0.602. The number of β-amino-alcohol motifs (C(OH)–C–C–N with tert-alkyl or cyclic N) is 1. The fourth-order valence-electron chi connectivity index (χ4n) is 1.63. The first-order valence-corrected chi connectivity index (χ1v) is 4.89. The molecule has 2 atom stereocenters. The van der Waals surface area contributed by atoms with Gasteiger partial charge in [0.2, 0.25) is 0 Å². The molecular weight excluding hydrogens is 166 g/mol. The highest BCUT2D eigenvalue weighted by atomic mass is 16.3. The summed E-state index contributed by atoms with van der Waals surface area (Å²) in [5.74, 6) is 0. The Labute approximate surface area is 80.4 Å². The third kappa shape index (κ3) is 2.42. The van der Waals surface area contributed by atoms with Crippen LogP contribution in [0.4, 0.5) is 0 Å². The highest BCUT2D eigenvalue weighted by Gasteiger charge is 2.39. The summed E-state index contributed by atoms with van der Waals surface area (Å²) < 4.78 is 0. The lowest BCUT2D eigenvalue weighted by atomic mass is 9.88. The Hall–Kier alpha value is -0.120. The van der Waals surface area contributed by atoms with Crippen LogP contribution in [0.1, 0.15) is 34.1 Å². The SMILES string of the molecule is CC1(O)CCN(C(C)(C)C)CC1O. The van der Waals surface area contributed by atoms with Crippen molar-refractivity contribution in [2.45, 2.75) is 51.4 Å². The molecule has 0 aromatic carbocycles. The standard InChI is InChI=1S/C10H21NO2/c1-9(2,3)11-6-5-10(4,13)8(12)7-11/h8,12-13H,5-7H2,1-4H3. The van der Waals surface area contributed by atoms with Gasteiger partial charge >= 0.3 is 0 Å². The van der Waals surface area contributed by atoms with Gasteiger partial charge in [0.05, 0.1) is 11.7 Å². The van der Waals surface area contributed by atoms with E-state index >= 15 is 0 Å². The number of likely N-dealkylation sites (tertiary alicyclic amines) is 1. The molecule has 0 aliphatic carbocycles. The molecule has 0 aromatic heterocycles.